The zero-order chi connectivity index (χ0) is 18.4. The number of hydrogen-bond acceptors (Lipinski definition) is 4. The molecule has 2 aromatic carbocycles. The number of carbonyl (C=O) groups excluding carboxylic acids is 1. The lowest BCUT2D eigenvalue weighted by Gasteiger charge is -2.26. The van der Waals surface area contributed by atoms with Crippen LogP contribution in [0, 0.1) is 11.3 Å². The molecule has 0 radical (unpaired) electrons. The lowest BCUT2D eigenvalue weighted by atomic mass is 10.1. The minimum atomic E-state index is -3.61. The summed E-state index contributed by atoms with van der Waals surface area (Å²) in [6, 6.07) is 17.1. The number of anilines is 1. The van der Waals surface area contributed by atoms with Gasteiger partial charge in [0.05, 0.1) is 24.1 Å². The Bertz CT molecular complexity index is 889. The second-order valence-corrected chi connectivity index (χ2v) is 7.54. The van der Waals surface area contributed by atoms with Crippen molar-refractivity contribution in [2.24, 2.45) is 0 Å². The number of para-hydroxylation sites is 1. The zero-order valence-electron chi connectivity index (χ0n) is 14.0. The van der Waals surface area contributed by atoms with Crippen molar-refractivity contribution < 1.29 is 13.2 Å². The molecule has 0 fully saturated rings. The Morgan fingerprint density at radius 2 is 1.76 bits per heavy atom. The van der Waals surface area contributed by atoms with E-state index >= 15 is 0 Å². The Hall–Kier alpha value is -2.69. The summed E-state index contributed by atoms with van der Waals surface area (Å²) in [5.74, 6) is -0.504. The van der Waals surface area contributed by atoms with E-state index in [1.54, 1.807) is 31.2 Å². The lowest BCUT2D eigenvalue weighted by Crippen LogP contribution is -2.39. The Morgan fingerprint density at radius 3 is 2.36 bits per heavy atom. The molecule has 1 amide bonds. The highest BCUT2D eigenvalue weighted by Crippen LogP contribution is 2.22. The number of nitrogens with one attached hydrogen (secondary N) is 1. The molecule has 130 valence electrons. The molecular formula is C18H19N3O3S. The maximum atomic E-state index is 12.3. The van der Waals surface area contributed by atoms with E-state index < -0.39 is 22.0 Å². The van der Waals surface area contributed by atoms with E-state index in [1.165, 1.54) is 0 Å². The summed E-state index contributed by atoms with van der Waals surface area (Å²) in [5, 5.41) is 11.7. The Labute approximate surface area is 147 Å². The molecule has 0 bridgehead atoms. The average Bonchev–Trinajstić information content (AvgIpc) is 2.59. The van der Waals surface area contributed by atoms with Crippen LogP contribution < -0.4 is 5.32 Å². The number of nitrogens with zero attached hydrogens (tertiary/aromatic N) is 2. The van der Waals surface area contributed by atoms with Gasteiger partial charge in [0.1, 0.15) is 6.07 Å². The molecule has 0 heterocycles. The van der Waals surface area contributed by atoms with Crippen LogP contribution in [0.15, 0.2) is 54.6 Å². The van der Waals surface area contributed by atoms with Crippen LogP contribution in [0.1, 0.15) is 24.1 Å². The summed E-state index contributed by atoms with van der Waals surface area (Å²) >= 11 is 0. The smallest absolute Gasteiger partial charge is 0.239 e. The third-order valence-corrected chi connectivity index (χ3v) is 5.06. The SMILES string of the molecule is CC(c1ccccc1)N(CC(=O)Nc1ccccc1C#N)S(C)(=O)=O. The highest BCUT2D eigenvalue weighted by atomic mass is 32.2. The fraction of sp³-hybridized carbons (Fsp3) is 0.222. The summed E-state index contributed by atoms with van der Waals surface area (Å²) < 4.78 is 25.4. The van der Waals surface area contributed by atoms with Crippen LogP contribution >= 0.6 is 0 Å². The maximum Gasteiger partial charge on any atom is 0.239 e. The highest BCUT2D eigenvalue weighted by molar-refractivity contribution is 7.88. The van der Waals surface area contributed by atoms with Crippen LogP contribution in [0.2, 0.25) is 0 Å². The standard InChI is InChI=1S/C18H19N3O3S/c1-14(15-8-4-3-5-9-15)21(25(2,23)24)13-18(22)20-17-11-7-6-10-16(17)12-19/h3-11,14H,13H2,1-2H3,(H,20,22). The van der Waals surface area contributed by atoms with E-state index in [2.05, 4.69) is 5.32 Å². The van der Waals surface area contributed by atoms with E-state index in [4.69, 9.17) is 5.26 Å². The van der Waals surface area contributed by atoms with Gasteiger partial charge in [0.2, 0.25) is 15.9 Å². The topological polar surface area (TPSA) is 90.3 Å². The molecule has 1 atom stereocenters. The molecule has 0 aliphatic heterocycles. The molecule has 1 N–H and O–H groups in total. The van der Waals surface area contributed by atoms with Gasteiger partial charge in [-0.1, -0.05) is 42.5 Å². The Morgan fingerprint density at radius 1 is 1.16 bits per heavy atom. The normalized spacial score (nSPS) is 12.4. The van der Waals surface area contributed by atoms with Crippen molar-refractivity contribution in [3.8, 4) is 6.07 Å². The first-order chi connectivity index (χ1) is 11.8. The molecule has 25 heavy (non-hydrogen) atoms. The largest absolute Gasteiger partial charge is 0.324 e. The molecule has 6 nitrogen and oxygen atoms in total. The van der Waals surface area contributed by atoms with Gasteiger partial charge in [0.15, 0.2) is 0 Å². The lowest BCUT2D eigenvalue weighted by molar-refractivity contribution is -0.116. The van der Waals surface area contributed by atoms with Crippen LogP contribution in [0.4, 0.5) is 5.69 Å². The van der Waals surface area contributed by atoms with Crippen LogP contribution in [0.5, 0.6) is 0 Å². The fourth-order valence-electron chi connectivity index (χ4n) is 2.46. The first kappa shape index (κ1) is 18.6. The van der Waals surface area contributed by atoms with E-state index in [0.717, 1.165) is 16.1 Å². The van der Waals surface area contributed by atoms with E-state index in [9.17, 15) is 13.2 Å². The number of rotatable bonds is 6. The van der Waals surface area contributed by atoms with Gasteiger partial charge in [0, 0.05) is 6.04 Å². The van der Waals surface area contributed by atoms with Crippen molar-refractivity contribution >= 4 is 21.6 Å². The number of hydrogen-bond donors (Lipinski definition) is 1. The van der Waals surface area contributed by atoms with Crippen molar-refractivity contribution in [1.82, 2.24) is 4.31 Å². The van der Waals surface area contributed by atoms with E-state index in [-0.39, 0.29) is 6.54 Å². The van der Waals surface area contributed by atoms with Crippen LogP contribution in [0.25, 0.3) is 0 Å². The number of amides is 1. The molecule has 0 saturated heterocycles. The van der Waals surface area contributed by atoms with Crippen molar-refractivity contribution in [1.29, 1.82) is 5.26 Å². The summed E-state index contributed by atoms with van der Waals surface area (Å²) in [5.41, 5.74) is 1.46. The first-order valence-corrected chi connectivity index (χ1v) is 9.48. The number of sulfonamides is 1. The van der Waals surface area contributed by atoms with Gasteiger partial charge in [-0.2, -0.15) is 9.57 Å². The molecule has 0 aromatic heterocycles. The van der Waals surface area contributed by atoms with Gasteiger partial charge >= 0.3 is 0 Å². The Kier molecular flexibility index (Phi) is 5.91. The Balaban J connectivity index is 2.20. The fourth-order valence-corrected chi connectivity index (χ4v) is 3.51. The van der Waals surface area contributed by atoms with Crippen LogP contribution in [-0.4, -0.2) is 31.4 Å². The molecule has 0 saturated carbocycles. The van der Waals surface area contributed by atoms with Gasteiger partial charge in [-0.25, -0.2) is 8.42 Å². The van der Waals surface area contributed by atoms with Gasteiger partial charge in [-0.3, -0.25) is 4.79 Å². The number of nitriles is 1. The van der Waals surface area contributed by atoms with Gasteiger partial charge in [-0.15, -0.1) is 0 Å². The quantitative estimate of drug-likeness (QED) is 0.860. The molecule has 0 aliphatic carbocycles. The molecule has 2 aromatic rings. The zero-order valence-corrected chi connectivity index (χ0v) is 14.8. The predicted molar refractivity (Wildman–Crippen MR) is 96.2 cm³/mol. The molecule has 1 unspecified atom stereocenters. The molecular weight excluding hydrogens is 338 g/mol. The molecule has 7 heteroatoms. The monoisotopic (exact) mass is 357 g/mol. The highest BCUT2D eigenvalue weighted by Gasteiger charge is 2.27. The summed E-state index contributed by atoms with van der Waals surface area (Å²) in [7, 11) is -3.61. The van der Waals surface area contributed by atoms with Crippen molar-refractivity contribution in [3.05, 3.63) is 65.7 Å². The maximum absolute atomic E-state index is 12.3. The van der Waals surface area contributed by atoms with Crippen LogP contribution in [-0.2, 0) is 14.8 Å². The van der Waals surface area contributed by atoms with Gasteiger partial charge in [0.25, 0.3) is 0 Å². The average molecular weight is 357 g/mol. The second kappa shape index (κ2) is 7.92. The van der Waals surface area contributed by atoms with Crippen molar-refractivity contribution in [2.75, 3.05) is 18.1 Å². The third-order valence-electron chi connectivity index (χ3n) is 3.76. The van der Waals surface area contributed by atoms with Crippen LogP contribution in [0.3, 0.4) is 0 Å². The van der Waals surface area contributed by atoms with Gasteiger partial charge in [-0.05, 0) is 24.6 Å². The van der Waals surface area contributed by atoms with E-state index in [0.29, 0.717) is 11.3 Å². The minimum Gasteiger partial charge on any atom is -0.324 e. The molecule has 0 spiro atoms. The summed E-state index contributed by atoms with van der Waals surface area (Å²) in [6.45, 7) is 1.39. The van der Waals surface area contributed by atoms with Crippen molar-refractivity contribution in [2.45, 2.75) is 13.0 Å². The summed E-state index contributed by atoms with van der Waals surface area (Å²) in [6.07, 6.45) is 1.07. The minimum absolute atomic E-state index is 0.317. The molecule has 0 aliphatic rings. The third kappa shape index (κ3) is 4.89. The summed E-state index contributed by atoms with van der Waals surface area (Å²) in [4.78, 5) is 12.3. The van der Waals surface area contributed by atoms with Gasteiger partial charge < -0.3 is 5.32 Å². The van der Waals surface area contributed by atoms with E-state index in [1.807, 2.05) is 36.4 Å². The predicted octanol–water partition coefficient (Wildman–Crippen LogP) is 2.52. The second-order valence-electron chi connectivity index (χ2n) is 5.60. The first-order valence-electron chi connectivity index (χ1n) is 7.63. The number of benzene rings is 2. The number of carbonyl (C=O) groups is 1. The van der Waals surface area contributed by atoms with Crippen molar-refractivity contribution in [3.63, 3.8) is 0 Å². The molecule has 2 rings (SSSR count).